The van der Waals surface area contributed by atoms with Crippen LogP contribution in [0.4, 0.5) is 5.82 Å². The van der Waals surface area contributed by atoms with Gasteiger partial charge in [0.15, 0.2) is 17.0 Å². The Balaban J connectivity index is 1.29. The highest BCUT2D eigenvalue weighted by molar-refractivity contribution is 5.83. The molecular formula is C20H28N8. The molecule has 8 heteroatoms. The van der Waals surface area contributed by atoms with Crippen LogP contribution in [0.1, 0.15) is 36.7 Å². The highest BCUT2D eigenvalue weighted by Crippen LogP contribution is 2.26. The number of aryl methyl sites for hydroxylation is 2. The van der Waals surface area contributed by atoms with Crippen LogP contribution in [0.25, 0.3) is 11.2 Å². The lowest BCUT2D eigenvalue weighted by Gasteiger charge is -2.35. The maximum atomic E-state index is 4.84. The lowest BCUT2D eigenvalue weighted by Crippen LogP contribution is -2.46. The molecule has 5 rings (SSSR count). The van der Waals surface area contributed by atoms with E-state index in [9.17, 15) is 0 Å². The maximum absolute atomic E-state index is 4.84. The Morgan fingerprint density at radius 3 is 2.64 bits per heavy atom. The first-order chi connectivity index (χ1) is 13.7. The van der Waals surface area contributed by atoms with Crippen LogP contribution in [0.5, 0.6) is 0 Å². The normalized spacial score (nSPS) is 18.0. The minimum atomic E-state index is 0.870. The van der Waals surface area contributed by atoms with Crippen molar-refractivity contribution in [3.8, 4) is 0 Å². The van der Waals surface area contributed by atoms with Crippen molar-refractivity contribution in [2.24, 2.45) is 7.05 Å². The largest absolute Gasteiger partial charge is 0.352 e. The van der Waals surface area contributed by atoms with Gasteiger partial charge in [-0.1, -0.05) is 0 Å². The maximum Gasteiger partial charge on any atom is 0.165 e. The van der Waals surface area contributed by atoms with Gasteiger partial charge in [-0.15, -0.1) is 0 Å². The number of piperazine rings is 1. The number of hydrogen-bond acceptors (Lipinski definition) is 6. The van der Waals surface area contributed by atoms with Crippen LogP contribution in [0.2, 0.25) is 0 Å². The van der Waals surface area contributed by atoms with Crippen molar-refractivity contribution in [1.29, 1.82) is 0 Å². The standard InChI is InChI=1S/C20H28N8/c1-3-27-14-23-18-19(27)21-13-22-20(18)28-10-8-26(9-11-28)12-16-15-6-4-5-7-17(15)25(2)24-16/h13-14H,3-12H2,1-2H3. The Labute approximate surface area is 165 Å². The van der Waals surface area contributed by atoms with E-state index in [2.05, 4.69) is 48.0 Å². The lowest BCUT2D eigenvalue weighted by atomic mass is 9.95. The third-order valence-corrected chi connectivity index (χ3v) is 6.22. The quantitative estimate of drug-likeness (QED) is 0.687. The van der Waals surface area contributed by atoms with Crippen molar-refractivity contribution in [3.63, 3.8) is 0 Å². The average molecular weight is 381 g/mol. The molecule has 0 bridgehead atoms. The average Bonchev–Trinajstić information content (AvgIpc) is 3.30. The monoisotopic (exact) mass is 380 g/mol. The highest BCUT2D eigenvalue weighted by atomic mass is 15.3. The van der Waals surface area contributed by atoms with Crippen molar-refractivity contribution in [2.75, 3.05) is 31.1 Å². The van der Waals surface area contributed by atoms with E-state index in [1.165, 1.54) is 42.6 Å². The zero-order valence-corrected chi connectivity index (χ0v) is 16.8. The van der Waals surface area contributed by atoms with Crippen LogP contribution in [0.15, 0.2) is 12.7 Å². The molecule has 1 aliphatic carbocycles. The summed E-state index contributed by atoms with van der Waals surface area (Å²) in [6.45, 7) is 7.89. The van der Waals surface area contributed by atoms with Gasteiger partial charge in [0.2, 0.25) is 0 Å². The summed E-state index contributed by atoms with van der Waals surface area (Å²) < 4.78 is 4.18. The molecule has 0 radical (unpaired) electrons. The molecule has 1 fully saturated rings. The Morgan fingerprint density at radius 1 is 1.00 bits per heavy atom. The van der Waals surface area contributed by atoms with E-state index < -0.39 is 0 Å². The second-order valence-corrected chi connectivity index (χ2v) is 7.87. The summed E-state index contributed by atoms with van der Waals surface area (Å²) in [6.07, 6.45) is 8.50. The summed E-state index contributed by atoms with van der Waals surface area (Å²) in [4.78, 5) is 18.4. The minimum absolute atomic E-state index is 0.870. The summed E-state index contributed by atoms with van der Waals surface area (Å²) in [7, 11) is 2.10. The van der Waals surface area contributed by atoms with Crippen LogP contribution in [0, 0.1) is 0 Å². The van der Waals surface area contributed by atoms with Crippen LogP contribution in [-0.4, -0.2) is 60.4 Å². The van der Waals surface area contributed by atoms with Crippen LogP contribution in [0.3, 0.4) is 0 Å². The third-order valence-electron chi connectivity index (χ3n) is 6.22. The van der Waals surface area contributed by atoms with Crippen molar-refractivity contribution >= 4 is 17.0 Å². The minimum Gasteiger partial charge on any atom is -0.352 e. The molecule has 148 valence electrons. The summed E-state index contributed by atoms with van der Waals surface area (Å²) >= 11 is 0. The zero-order chi connectivity index (χ0) is 19.1. The zero-order valence-electron chi connectivity index (χ0n) is 16.8. The predicted molar refractivity (Wildman–Crippen MR) is 108 cm³/mol. The molecule has 0 aromatic carbocycles. The van der Waals surface area contributed by atoms with E-state index in [1.807, 2.05) is 6.33 Å². The first-order valence-corrected chi connectivity index (χ1v) is 10.4. The Morgan fingerprint density at radius 2 is 1.82 bits per heavy atom. The molecule has 3 aromatic rings. The lowest BCUT2D eigenvalue weighted by molar-refractivity contribution is 0.245. The fraction of sp³-hybridized carbons (Fsp3) is 0.600. The molecule has 8 nitrogen and oxygen atoms in total. The SMILES string of the molecule is CCn1cnc2c(N3CCN(Cc4nn(C)c5c4CCCC5)CC3)ncnc21. The Kier molecular flexibility index (Phi) is 4.50. The van der Waals surface area contributed by atoms with Crippen molar-refractivity contribution in [2.45, 2.75) is 45.7 Å². The van der Waals surface area contributed by atoms with Crippen molar-refractivity contribution in [3.05, 3.63) is 29.6 Å². The number of fused-ring (bicyclic) bond motifs is 2. The highest BCUT2D eigenvalue weighted by Gasteiger charge is 2.25. The molecule has 0 atom stereocenters. The van der Waals surface area contributed by atoms with Crippen LogP contribution in [-0.2, 0) is 33.0 Å². The summed E-state index contributed by atoms with van der Waals surface area (Å²) in [5.41, 5.74) is 6.09. The third kappa shape index (κ3) is 2.96. The van der Waals surface area contributed by atoms with Gasteiger partial charge in [-0.2, -0.15) is 5.10 Å². The number of hydrogen-bond donors (Lipinski definition) is 0. The number of nitrogens with zero attached hydrogens (tertiary/aromatic N) is 8. The second-order valence-electron chi connectivity index (χ2n) is 7.87. The first kappa shape index (κ1) is 17.6. The summed E-state index contributed by atoms with van der Waals surface area (Å²) in [5, 5.41) is 4.84. The summed E-state index contributed by atoms with van der Waals surface area (Å²) in [5.74, 6) is 0.965. The molecule has 2 aliphatic rings. The van der Waals surface area contributed by atoms with Crippen LogP contribution < -0.4 is 4.90 Å². The molecule has 0 N–H and O–H groups in total. The van der Waals surface area contributed by atoms with Gasteiger partial charge >= 0.3 is 0 Å². The molecule has 1 aliphatic heterocycles. The van der Waals surface area contributed by atoms with E-state index in [-0.39, 0.29) is 0 Å². The molecular weight excluding hydrogens is 352 g/mol. The molecule has 0 amide bonds. The molecule has 4 heterocycles. The van der Waals surface area contributed by atoms with Gasteiger partial charge in [-0.3, -0.25) is 9.58 Å². The fourth-order valence-corrected chi connectivity index (χ4v) is 4.65. The van der Waals surface area contributed by atoms with E-state index in [0.29, 0.717) is 0 Å². The van der Waals surface area contributed by atoms with E-state index in [1.54, 1.807) is 6.33 Å². The van der Waals surface area contributed by atoms with Gasteiger partial charge in [-0.25, -0.2) is 15.0 Å². The van der Waals surface area contributed by atoms with E-state index >= 15 is 0 Å². The smallest absolute Gasteiger partial charge is 0.165 e. The topological polar surface area (TPSA) is 67.9 Å². The second kappa shape index (κ2) is 7.16. The Bertz CT molecular complexity index is 980. The van der Waals surface area contributed by atoms with E-state index in [0.717, 1.165) is 56.3 Å². The van der Waals surface area contributed by atoms with Gasteiger partial charge in [0.1, 0.15) is 6.33 Å². The molecule has 3 aromatic heterocycles. The van der Waals surface area contributed by atoms with Gasteiger partial charge in [0.25, 0.3) is 0 Å². The Hall–Kier alpha value is -2.48. The number of rotatable bonds is 4. The van der Waals surface area contributed by atoms with Gasteiger partial charge in [0.05, 0.1) is 12.0 Å². The van der Waals surface area contributed by atoms with Gasteiger partial charge in [0, 0.05) is 52.0 Å². The van der Waals surface area contributed by atoms with Crippen LogP contribution >= 0.6 is 0 Å². The molecule has 1 saturated heterocycles. The fourth-order valence-electron chi connectivity index (χ4n) is 4.65. The van der Waals surface area contributed by atoms with Gasteiger partial charge in [-0.05, 0) is 38.2 Å². The first-order valence-electron chi connectivity index (χ1n) is 10.4. The van der Waals surface area contributed by atoms with Crippen molar-refractivity contribution in [1.82, 2.24) is 34.2 Å². The number of aromatic nitrogens is 6. The number of imidazole rings is 1. The molecule has 0 spiro atoms. The molecule has 0 saturated carbocycles. The number of anilines is 1. The van der Waals surface area contributed by atoms with Crippen molar-refractivity contribution < 1.29 is 0 Å². The molecule has 0 unspecified atom stereocenters. The molecule has 28 heavy (non-hydrogen) atoms. The predicted octanol–water partition coefficient (Wildman–Crippen LogP) is 1.78. The van der Waals surface area contributed by atoms with Gasteiger partial charge < -0.3 is 9.47 Å². The summed E-state index contributed by atoms with van der Waals surface area (Å²) in [6, 6.07) is 0. The van der Waals surface area contributed by atoms with E-state index in [4.69, 9.17) is 5.10 Å².